The summed E-state index contributed by atoms with van der Waals surface area (Å²) in [7, 11) is -3.90. The number of para-hydroxylation sites is 1. The second kappa shape index (κ2) is 6.78. The van der Waals surface area contributed by atoms with Gasteiger partial charge in [0.15, 0.2) is 5.71 Å². The van der Waals surface area contributed by atoms with E-state index in [4.69, 9.17) is 4.74 Å². The Hall–Kier alpha value is -1.79. The lowest BCUT2D eigenvalue weighted by molar-refractivity contribution is -0.401. The number of fused-ring (bicyclic) bond motifs is 1. The van der Waals surface area contributed by atoms with Gasteiger partial charge in [-0.2, -0.15) is 4.58 Å². The van der Waals surface area contributed by atoms with E-state index in [2.05, 4.69) is 42.8 Å². The van der Waals surface area contributed by atoms with Crippen molar-refractivity contribution in [3.63, 3.8) is 0 Å². The SMILES string of the molecule is CCO/C(C)=C1/C(C)=[N+](C)c2ccccc21.F[B-](F)(F)F. The molecule has 0 N–H and O–H groups in total. The van der Waals surface area contributed by atoms with Crippen LogP contribution in [-0.2, 0) is 4.74 Å². The highest BCUT2D eigenvalue weighted by atomic mass is 19.5. The van der Waals surface area contributed by atoms with Crippen LogP contribution in [0.25, 0.3) is 5.57 Å². The van der Waals surface area contributed by atoms with E-state index in [9.17, 15) is 17.3 Å². The minimum atomic E-state index is -6.00. The van der Waals surface area contributed by atoms with E-state index >= 15 is 0 Å². The maximum atomic E-state index is 9.75. The van der Waals surface area contributed by atoms with Gasteiger partial charge in [-0.05, 0) is 19.9 Å². The van der Waals surface area contributed by atoms with Crippen LogP contribution >= 0.6 is 0 Å². The molecule has 0 amide bonds. The van der Waals surface area contributed by atoms with E-state index in [1.54, 1.807) is 0 Å². The highest BCUT2D eigenvalue weighted by molar-refractivity contribution is 6.50. The number of ether oxygens (including phenoxy) is 1. The largest absolute Gasteiger partial charge is 0.673 e. The monoisotopic (exact) mass is 303 g/mol. The predicted molar refractivity (Wildman–Crippen MR) is 77.4 cm³/mol. The van der Waals surface area contributed by atoms with Gasteiger partial charge in [-0.15, -0.1) is 0 Å². The van der Waals surface area contributed by atoms with Crippen molar-refractivity contribution in [3.8, 4) is 0 Å². The summed E-state index contributed by atoms with van der Waals surface area (Å²) < 4.78 is 46.8. The summed E-state index contributed by atoms with van der Waals surface area (Å²) in [5.41, 5.74) is 5.02. The van der Waals surface area contributed by atoms with E-state index in [1.165, 1.54) is 22.5 Å². The molecule has 0 aliphatic carbocycles. The molecule has 0 radical (unpaired) electrons. The Morgan fingerprint density at radius 2 is 1.71 bits per heavy atom. The zero-order valence-corrected chi connectivity index (χ0v) is 12.5. The van der Waals surface area contributed by atoms with Crippen molar-refractivity contribution in [3.05, 3.63) is 35.6 Å². The summed E-state index contributed by atoms with van der Waals surface area (Å²) >= 11 is 0. The van der Waals surface area contributed by atoms with Gasteiger partial charge in [0.25, 0.3) is 0 Å². The Bertz CT molecular complexity index is 573. The maximum Gasteiger partial charge on any atom is 0.673 e. The fourth-order valence-corrected chi connectivity index (χ4v) is 2.25. The number of hydrogen-bond donors (Lipinski definition) is 0. The normalized spacial score (nSPS) is 16.2. The van der Waals surface area contributed by atoms with Crippen LogP contribution in [0.3, 0.4) is 0 Å². The molecule has 0 saturated heterocycles. The fraction of sp³-hybridized carbons (Fsp3) is 0.357. The highest BCUT2D eigenvalue weighted by Crippen LogP contribution is 2.35. The minimum absolute atomic E-state index is 0.717. The van der Waals surface area contributed by atoms with E-state index in [-0.39, 0.29) is 0 Å². The zero-order chi connectivity index (χ0) is 16.2. The van der Waals surface area contributed by atoms with Crippen LogP contribution in [0.1, 0.15) is 26.3 Å². The number of benzene rings is 1. The molecule has 2 rings (SSSR count). The van der Waals surface area contributed by atoms with Crippen molar-refractivity contribution in [2.45, 2.75) is 20.8 Å². The average molecular weight is 303 g/mol. The summed E-state index contributed by atoms with van der Waals surface area (Å²) in [6, 6.07) is 8.44. The van der Waals surface area contributed by atoms with Crippen molar-refractivity contribution < 1.29 is 26.6 Å². The van der Waals surface area contributed by atoms with E-state index < -0.39 is 7.25 Å². The lowest BCUT2D eigenvalue weighted by Gasteiger charge is -2.05. The molecule has 0 saturated carbocycles. The Labute approximate surface area is 121 Å². The molecular formula is C14H18BF4NO. The number of rotatable bonds is 2. The summed E-state index contributed by atoms with van der Waals surface area (Å²) in [4.78, 5) is 0. The second-order valence-corrected chi connectivity index (χ2v) is 4.52. The summed E-state index contributed by atoms with van der Waals surface area (Å²) in [6.45, 7) is 6.91. The summed E-state index contributed by atoms with van der Waals surface area (Å²) in [6.07, 6.45) is 0. The average Bonchev–Trinajstić information content (AvgIpc) is 2.61. The van der Waals surface area contributed by atoms with E-state index in [1.807, 2.05) is 13.8 Å². The lowest BCUT2D eigenvalue weighted by Crippen LogP contribution is -2.05. The molecule has 0 fully saturated rings. The Balaban J connectivity index is 0.000000383. The van der Waals surface area contributed by atoms with Crippen molar-refractivity contribution in [1.82, 2.24) is 0 Å². The van der Waals surface area contributed by atoms with Gasteiger partial charge in [0, 0.05) is 13.0 Å². The first-order valence-electron chi connectivity index (χ1n) is 6.54. The quantitative estimate of drug-likeness (QED) is 0.339. The molecule has 0 unspecified atom stereocenters. The molecular weight excluding hydrogens is 285 g/mol. The van der Waals surface area contributed by atoms with Crippen LogP contribution in [0.2, 0.25) is 0 Å². The van der Waals surface area contributed by atoms with Crippen LogP contribution < -0.4 is 0 Å². The topological polar surface area (TPSA) is 12.2 Å². The first-order valence-corrected chi connectivity index (χ1v) is 6.54. The predicted octanol–water partition coefficient (Wildman–Crippen LogP) is 4.50. The van der Waals surface area contributed by atoms with E-state index in [0.29, 0.717) is 6.61 Å². The molecule has 0 bridgehead atoms. The van der Waals surface area contributed by atoms with Gasteiger partial charge < -0.3 is 22.0 Å². The van der Waals surface area contributed by atoms with Crippen molar-refractivity contribution in [2.75, 3.05) is 13.7 Å². The van der Waals surface area contributed by atoms with Gasteiger partial charge in [-0.25, -0.2) is 0 Å². The Morgan fingerprint density at radius 3 is 2.24 bits per heavy atom. The highest BCUT2D eigenvalue weighted by Gasteiger charge is 2.30. The molecule has 1 aliphatic heterocycles. The van der Waals surface area contributed by atoms with Gasteiger partial charge in [-0.3, -0.25) is 0 Å². The molecule has 0 atom stereocenters. The van der Waals surface area contributed by atoms with Crippen molar-refractivity contribution in [2.24, 2.45) is 0 Å². The third-order valence-electron chi connectivity index (χ3n) is 3.11. The third kappa shape index (κ3) is 4.61. The van der Waals surface area contributed by atoms with Gasteiger partial charge >= 0.3 is 7.25 Å². The van der Waals surface area contributed by atoms with Crippen LogP contribution in [0.15, 0.2) is 30.0 Å². The maximum absolute atomic E-state index is 9.75. The van der Waals surface area contributed by atoms with Crippen LogP contribution in [0.4, 0.5) is 23.0 Å². The van der Waals surface area contributed by atoms with Gasteiger partial charge in [0.2, 0.25) is 5.69 Å². The number of halogens is 4. The van der Waals surface area contributed by atoms with Gasteiger partial charge in [0.1, 0.15) is 12.8 Å². The van der Waals surface area contributed by atoms with Crippen LogP contribution in [-0.4, -0.2) is 31.2 Å². The van der Waals surface area contributed by atoms with Crippen LogP contribution in [0.5, 0.6) is 0 Å². The lowest BCUT2D eigenvalue weighted by atomic mass is 10.0. The van der Waals surface area contributed by atoms with E-state index in [0.717, 1.165) is 5.76 Å². The zero-order valence-electron chi connectivity index (χ0n) is 12.5. The Kier molecular flexibility index (Phi) is 5.58. The molecule has 1 aromatic carbocycles. The summed E-state index contributed by atoms with van der Waals surface area (Å²) in [5.74, 6) is 1.01. The fourth-order valence-electron chi connectivity index (χ4n) is 2.25. The van der Waals surface area contributed by atoms with Crippen molar-refractivity contribution >= 4 is 24.2 Å². The van der Waals surface area contributed by atoms with Crippen molar-refractivity contribution in [1.29, 1.82) is 0 Å². The molecule has 0 spiro atoms. The summed E-state index contributed by atoms with van der Waals surface area (Å²) in [5, 5.41) is 0. The smallest absolute Gasteiger partial charge is 0.498 e. The number of allylic oxidation sites excluding steroid dienone is 2. The van der Waals surface area contributed by atoms with Gasteiger partial charge in [0.05, 0.1) is 17.7 Å². The molecule has 1 heterocycles. The number of nitrogens with zero attached hydrogens (tertiary/aromatic N) is 1. The standard InChI is InChI=1S/C14H18NO.BF4/c1-5-16-11(3)14-10(2)15(4)13-9-7-6-8-12(13)14;2-1(3,4)5/h6-9H,5H2,1-4H3;/q+1;-1/b14-11-;. The molecule has 7 heteroatoms. The van der Waals surface area contributed by atoms with Gasteiger partial charge in [-0.1, -0.05) is 12.1 Å². The first kappa shape index (κ1) is 17.3. The molecule has 21 heavy (non-hydrogen) atoms. The molecule has 2 nitrogen and oxygen atoms in total. The second-order valence-electron chi connectivity index (χ2n) is 4.52. The first-order chi connectivity index (χ1) is 9.66. The molecule has 1 aliphatic rings. The molecule has 116 valence electrons. The molecule has 1 aromatic rings. The van der Waals surface area contributed by atoms with Crippen LogP contribution in [0, 0.1) is 0 Å². The Morgan fingerprint density at radius 1 is 1.19 bits per heavy atom. The molecule has 0 aromatic heterocycles. The number of hydrogen-bond acceptors (Lipinski definition) is 1. The third-order valence-corrected chi connectivity index (χ3v) is 3.11. The minimum Gasteiger partial charge on any atom is -0.498 e.